The van der Waals surface area contributed by atoms with Crippen LogP contribution in [0.3, 0.4) is 0 Å². The van der Waals surface area contributed by atoms with Gasteiger partial charge in [-0.25, -0.2) is 5.01 Å². The maximum Gasteiger partial charge on any atom is 0.248 e. The molecule has 0 unspecified atom stereocenters. The van der Waals surface area contributed by atoms with Gasteiger partial charge in [0.25, 0.3) is 0 Å². The molecule has 2 aromatic rings. The molecule has 35 heavy (non-hydrogen) atoms. The summed E-state index contributed by atoms with van der Waals surface area (Å²) < 4.78 is 16.6. The smallest absolute Gasteiger partial charge is 0.248 e. The molecule has 0 atom stereocenters. The fourth-order valence-corrected chi connectivity index (χ4v) is 4.40. The number of hydrogen-bond donors (Lipinski definition) is 2. The van der Waals surface area contributed by atoms with E-state index in [0.717, 1.165) is 61.8 Å². The molecule has 0 aromatic heterocycles. The lowest BCUT2D eigenvalue weighted by Crippen LogP contribution is -2.40. The molecule has 9 nitrogen and oxygen atoms in total. The second kappa shape index (κ2) is 10.5. The van der Waals surface area contributed by atoms with Crippen molar-refractivity contribution in [2.75, 3.05) is 58.5 Å². The predicted octanol–water partition coefficient (Wildman–Crippen LogP) is 2.26. The standard InChI is InChI=1S/C26H31N5O4/c1-18-14-20-15-23-24(35-17-34-23)16-22(20)26(19-2-4-21(27)5-3-19)29-31(18)25(32)6-7-28-8-9-30-10-12-33-13-11-30/h2-5,14-16,28H,6-13,17,27H2,1H3. The third-order valence-electron chi connectivity index (χ3n) is 6.34. The van der Waals surface area contributed by atoms with Gasteiger partial charge in [0.05, 0.1) is 18.9 Å². The van der Waals surface area contributed by atoms with Gasteiger partial charge >= 0.3 is 0 Å². The van der Waals surface area contributed by atoms with Crippen LogP contribution < -0.4 is 20.5 Å². The Bertz CT molecular complexity index is 1140. The molecule has 3 N–H and O–H groups in total. The van der Waals surface area contributed by atoms with Crippen LogP contribution in [0.1, 0.15) is 30.0 Å². The number of hydrogen-bond acceptors (Lipinski definition) is 8. The maximum absolute atomic E-state index is 13.3. The first-order valence-electron chi connectivity index (χ1n) is 12.0. The Morgan fingerprint density at radius 1 is 1.09 bits per heavy atom. The minimum atomic E-state index is -0.0709. The zero-order valence-electron chi connectivity index (χ0n) is 20.0. The van der Waals surface area contributed by atoms with Crippen LogP contribution in [0.2, 0.25) is 0 Å². The van der Waals surface area contributed by atoms with Crippen molar-refractivity contribution < 1.29 is 19.0 Å². The van der Waals surface area contributed by atoms with Gasteiger partial charge in [0.1, 0.15) is 0 Å². The monoisotopic (exact) mass is 477 g/mol. The molecule has 5 rings (SSSR count). The summed E-state index contributed by atoms with van der Waals surface area (Å²) in [5.74, 6) is 1.29. The van der Waals surface area contributed by atoms with E-state index in [1.807, 2.05) is 49.4 Å². The number of nitrogen functional groups attached to an aromatic ring is 1. The van der Waals surface area contributed by atoms with Crippen molar-refractivity contribution in [1.82, 2.24) is 15.2 Å². The van der Waals surface area contributed by atoms with Crippen molar-refractivity contribution >= 4 is 23.4 Å². The molecule has 0 saturated carbocycles. The van der Waals surface area contributed by atoms with Crippen molar-refractivity contribution in [2.45, 2.75) is 13.3 Å². The highest BCUT2D eigenvalue weighted by Gasteiger charge is 2.25. The average Bonchev–Trinajstić information content (AvgIpc) is 3.27. The normalized spacial score (nSPS) is 17.5. The highest BCUT2D eigenvalue weighted by Crippen LogP contribution is 2.38. The van der Waals surface area contributed by atoms with Crippen LogP contribution in [0.4, 0.5) is 5.69 Å². The Morgan fingerprint density at radius 2 is 1.83 bits per heavy atom. The predicted molar refractivity (Wildman–Crippen MR) is 134 cm³/mol. The van der Waals surface area contributed by atoms with E-state index < -0.39 is 0 Å². The van der Waals surface area contributed by atoms with Gasteiger partial charge in [-0.3, -0.25) is 9.69 Å². The summed E-state index contributed by atoms with van der Waals surface area (Å²) in [4.78, 5) is 15.6. The molecule has 0 radical (unpaired) electrons. The van der Waals surface area contributed by atoms with E-state index in [2.05, 4.69) is 10.2 Å². The average molecular weight is 478 g/mol. The third-order valence-corrected chi connectivity index (χ3v) is 6.34. The summed E-state index contributed by atoms with van der Waals surface area (Å²) in [6.07, 6.45) is 2.31. The number of benzene rings is 2. The summed E-state index contributed by atoms with van der Waals surface area (Å²) in [5, 5.41) is 9.73. The highest BCUT2D eigenvalue weighted by atomic mass is 16.7. The number of carbonyl (C=O) groups is 1. The van der Waals surface area contributed by atoms with Crippen LogP contribution in [0.5, 0.6) is 11.5 Å². The Balaban J connectivity index is 1.34. The van der Waals surface area contributed by atoms with Crippen molar-refractivity contribution in [2.24, 2.45) is 5.10 Å². The number of nitrogens with two attached hydrogens (primary N) is 1. The molecule has 2 aromatic carbocycles. The molecule has 3 aliphatic rings. The lowest BCUT2D eigenvalue weighted by molar-refractivity contribution is -0.129. The Morgan fingerprint density at radius 3 is 2.60 bits per heavy atom. The van der Waals surface area contributed by atoms with Gasteiger partial charge in [-0.15, -0.1) is 0 Å². The van der Waals surface area contributed by atoms with Gasteiger partial charge in [0.15, 0.2) is 11.5 Å². The molecule has 1 saturated heterocycles. The van der Waals surface area contributed by atoms with Crippen molar-refractivity contribution in [3.05, 3.63) is 58.8 Å². The van der Waals surface area contributed by atoms with E-state index in [1.165, 1.54) is 5.01 Å². The lowest BCUT2D eigenvalue weighted by Gasteiger charge is -2.26. The first-order valence-corrected chi connectivity index (χ1v) is 12.0. The van der Waals surface area contributed by atoms with Gasteiger partial charge in [-0.2, -0.15) is 5.10 Å². The second-order valence-corrected chi connectivity index (χ2v) is 8.81. The number of nitrogens with zero attached hydrogens (tertiary/aromatic N) is 3. The second-order valence-electron chi connectivity index (χ2n) is 8.81. The summed E-state index contributed by atoms with van der Waals surface area (Å²) in [6.45, 7) is 7.95. The van der Waals surface area contributed by atoms with E-state index in [0.29, 0.717) is 35.9 Å². The SMILES string of the molecule is CC1=Cc2cc3c(cc2C(c2ccc(N)cc2)=NN1C(=O)CCNCCN1CCOCC1)OCO3. The molecule has 1 amide bonds. The van der Waals surface area contributed by atoms with Crippen molar-refractivity contribution in [1.29, 1.82) is 0 Å². The zero-order chi connectivity index (χ0) is 24.2. The third kappa shape index (κ3) is 5.32. The van der Waals surface area contributed by atoms with Crippen LogP contribution >= 0.6 is 0 Å². The van der Waals surface area contributed by atoms with Gasteiger partial charge in [-0.05, 0) is 42.8 Å². The van der Waals surface area contributed by atoms with Crippen LogP contribution in [-0.4, -0.2) is 74.3 Å². The number of fused-ring (bicyclic) bond motifs is 2. The summed E-state index contributed by atoms with van der Waals surface area (Å²) >= 11 is 0. The minimum absolute atomic E-state index is 0.0709. The van der Waals surface area contributed by atoms with Crippen LogP contribution in [0, 0.1) is 0 Å². The number of carbonyl (C=O) groups excluding carboxylic acids is 1. The van der Waals surface area contributed by atoms with E-state index in [9.17, 15) is 4.79 Å². The van der Waals surface area contributed by atoms with Gasteiger partial charge in [-0.1, -0.05) is 12.1 Å². The number of ether oxygens (including phenoxy) is 3. The number of morpholine rings is 1. The molecule has 3 aliphatic heterocycles. The summed E-state index contributed by atoms with van der Waals surface area (Å²) in [7, 11) is 0. The van der Waals surface area contributed by atoms with E-state index in [-0.39, 0.29) is 12.7 Å². The van der Waals surface area contributed by atoms with E-state index in [1.54, 1.807) is 0 Å². The van der Waals surface area contributed by atoms with Crippen molar-refractivity contribution in [3.63, 3.8) is 0 Å². The molecule has 184 valence electrons. The number of allylic oxidation sites excluding steroid dienone is 1. The lowest BCUT2D eigenvalue weighted by atomic mass is 9.96. The zero-order valence-corrected chi connectivity index (χ0v) is 20.0. The van der Waals surface area contributed by atoms with Crippen LogP contribution in [0.15, 0.2) is 47.2 Å². The first-order chi connectivity index (χ1) is 17.1. The molecule has 0 aliphatic carbocycles. The van der Waals surface area contributed by atoms with Gasteiger partial charge < -0.3 is 25.3 Å². The number of hydrazone groups is 1. The summed E-state index contributed by atoms with van der Waals surface area (Å²) in [6, 6.07) is 11.4. The van der Waals surface area contributed by atoms with Gasteiger partial charge in [0, 0.05) is 61.7 Å². The molecule has 3 heterocycles. The minimum Gasteiger partial charge on any atom is -0.454 e. The van der Waals surface area contributed by atoms with E-state index >= 15 is 0 Å². The number of amides is 1. The molecular formula is C26H31N5O4. The largest absolute Gasteiger partial charge is 0.454 e. The highest BCUT2D eigenvalue weighted by molar-refractivity contribution is 6.16. The fraction of sp³-hybridized carbons (Fsp3) is 0.385. The Labute approximate surface area is 205 Å². The van der Waals surface area contributed by atoms with Crippen molar-refractivity contribution in [3.8, 4) is 11.5 Å². The number of nitrogens with one attached hydrogen (secondary N) is 1. The Hall–Kier alpha value is -3.40. The molecule has 1 fully saturated rings. The topological polar surface area (TPSA) is 102 Å². The molecule has 0 spiro atoms. The Kier molecular flexibility index (Phi) is 6.98. The number of anilines is 1. The first kappa shape index (κ1) is 23.3. The maximum atomic E-state index is 13.3. The fourth-order valence-electron chi connectivity index (χ4n) is 4.40. The quantitative estimate of drug-likeness (QED) is 0.466. The van der Waals surface area contributed by atoms with Crippen LogP contribution in [-0.2, 0) is 9.53 Å². The van der Waals surface area contributed by atoms with Crippen LogP contribution in [0.25, 0.3) is 6.08 Å². The van der Waals surface area contributed by atoms with Gasteiger partial charge in [0.2, 0.25) is 12.7 Å². The number of rotatable bonds is 7. The molecule has 9 heteroatoms. The molecular weight excluding hydrogens is 446 g/mol. The summed E-state index contributed by atoms with van der Waals surface area (Å²) in [5.41, 5.74) is 10.7. The van der Waals surface area contributed by atoms with E-state index in [4.69, 9.17) is 25.0 Å². The molecule has 0 bridgehead atoms.